The molecule has 0 fully saturated rings. The van der Waals surface area contributed by atoms with E-state index in [1.165, 1.54) is 0 Å². The quantitative estimate of drug-likeness (QED) is 0.339. The number of rotatable bonds is 4. The van der Waals surface area contributed by atoms with E-state index in [0.29, 0.717) is 44.7 Å². The maximum Gasteiger partial charge on any atom is 0.291 e. The Bertz CT molecular complexity index is 1350. The van der Waals surface area contributed by atoms with Gasteiger partial charge in [0.05, 0.1) is 5.02 Å². The molecule has 0 radical (unpaired) electrons. The van der Waals surface area contributed by atoms with Crippen molar-refractivity contribution in [3.05, 3.63) is 94.0 Å². The maximum atomic E-state index is 12.5. The van der Waals surface area contributed by atoms with Crippen LogP contribution >= 0.6 is 23.2 Å². The standard InChI is InChI=1S/C23H14Cl2N2O3/c24-15-11-17(25)22-18(12-15)27-21(30-22)9-13-5-7-16(8-6-13)26-23(28)20-10-14-3-1-2-4-19(14)29-20/h1-8,10-12H,9H2,(H,26,28). The Morgan fingerprint density at radius 2 is 1.77 bits per heavy atom. The fourth-order valence-corrected chi connectivity index (χ4v) is 3.77. The molecule has 0 bridgehead atoms. The van der Waals surface area contributed by atoms with E-state index in [0.717, 1.165) is 10.9 Å². The van der Waals surface area contributed by atoms with Crippen LogP contribution in [-0.2, 0) is 6.42 Å². The van der Waals surface area contributed by atoms with E-state index < -0.39 is 0 Å². The molecule has 30 heavy (non-hydrogen) atoms. The Morgan fingerprint density at radius 1 is 0.967 bits per heavy atom. The number of aromatic nitrogens is 1. The van der Waals surface area contributed by atoms with Gasteiger partial charge in [-0.2, -0.15) is 0 Å². The molecule has 1 N–H and O–H groups in total. The molecule has 5 nitrogen and oxygen atoms in total. The fraction of sp³-hybridized carbons (Fsp3) is 0.0435. The van der Waals surface area contributed by atoms with Gasteiger partial charge in [-0.15, -0.1) is 0 Å². The summed E-state index contributed by atoms with van der Waals surface area (Å²) in [7, 11) is 0. The summed E-state index contributed by atoms with van der Waals surface area (Å²) in [5.41, 5.74) is 3.46. The van der Waals surface area contributed by atoms with E-state index in [-0.39, 0.29) is 11.7 Å². The third-order valence-electron chi connectivity index (χ3n) is 4.67. The Hall–Kier alpha value is -3.28. The number of fused-ring (bicyclic) bond motifs is 2. The van der Waals surface area contributed by atoms with Gasteiger partial charge in [0.15, 0.2) is 17.2 Å². The molecule has 2 heterocycles. The van der Waals surface area contributed by atoms with E-state index in [1.807, 2.05) is 48.5 Å². The van der Waals surface area contributed by atoms with Gasteiger partial charge in [0.1, 0.15) is 11.1 Å². The Labute approximate surface area is 181 Å². The molecule has 5 rings (SSSR count). The number of hydrogen-bond donors (Lipinski definition) is 1. The zero-order chi connectivity index (χ0) is 20.7. The van der Waals surface area contributed by atoms with Crippen LogP contribution in [0, 0.1) is 0 Å². The number of oxazole rings is 1. The van der Waals surface area contributed by atoms with Gasteiger partial charge < -0.3 is 14.2 Å². The van der Waals surface area contributed by atoms with Gasteiger partial charge in [-0.1, -0.05) is 53.5 Å². The Kier molecular flexibility index (Phi) is 4.69. The zero-order valence-corrected chi connectivity index (χ0v) is 17.0. The average molecular weight is 437 g/mol. The van der Waals surface area contributed by atoms with Crippen molar-refractivity contribution in [3.63, 3.8) is 0 Å². The van der Waals surface area contributed by atoms with E-state index in [9.17, 15) is 4.79 Å². The summed E-state index contributed by atoms with van der Waals surface area (Å²) in [6, 6.07) is 20.0. The van der Waals surface area contributed by atoms with Crippen molar-refractivity contribution in [2.24, 2.45) is 0 Å². The van der Waals surface area contributed by atoms with E-state index in [1.54, 1.807) is 18.2 Å². The molecule has 0 aliphatic carbocycles. The molecule has 7 heteroatoms. The molecule has 0 atom stereocenters. The van der Waals surface area contributed by atoms with Crippen molar-refractivity contribution in [1.29, 1.82) is 0 Å². The molecule has 0 spiro atoms. The summed E-state index contributed by atoms with van der Waals surface area (Å²) in [4.78, 5) is 16.9. The van der Waals surface area contributed by atoms with Crippen LogP contribution in [-0.4, -0.2) is 10.9 Å². The minimum atomic E-state index is -0.301. The molecule has 0 aliphatic heterocycles. The highest BCUT2D eigenvalue weighted by atomic mass is 35.5. The van der Waals surface area contributed by atoms with Crippen LogP contribution in [0.2, 0.25) is 10.0 Å². The minimum Gasteiger partial charge on any atom is -0.451 e. The van der Waals surface area contributed by atoms with Crippen molar-refractivity contribution in [2.45, 2.75) is 6.42 Å². The number of furan rings is 1. The maximum absolute atomic E-state index is 12.5. The molecule has 148 valence electrons. The van der Waals surface area contributed by atoms with E-state index >= 15 is 0 Å². The summed E-state index contributed by atoms with van der Waals surface area (Å²) in [6.45, 7) is 0. The second-order valence-electron chi connectivity index (χ2n) is 6.82. The first-order valence-electron chi connectivity index (χ1n) is 9.18. The smallest absolute Gasteiger partial charge is 0.291 e. The van der Waals surface area contributed by atoms with Crippen LogP contribution in [0.15, 0.2) is 75.6 Å². The van der Waals surface area contributed by atoms with Crippen molar-refractivity contribution in [2.75, 3.05) is 5.32 Å². The van der Waals surface area contributed by atoms with Crippen LogP contribution in [0.4, 0.5) is 5.69 Å². The molecule has 0 aliphatic rings. The predicted octanol–water partition coefficient (Wildman–Crippen LogP) is 6.72. The molecule has 0 saturated carbocycles. The second kappa shape index (κ2) is 7.52. The Balaban J connectivity index is 1.30. The monoisotopic (exact) mass is 436 g/mol. The van der Waals surface area contributed by atoms with Crippen molar-refractivity contribution in [3.8, 4) is 0 Å². The molecular weight excluding hydrogens is 423 g/mol. The van der Waals surface area contributed by atoms with Gasteiger partial charge in [-0.3, -0.25) is 4.79 Å². The van der Waals surface area contributed by atoms with E-state index in [2.05, 4.69) is 10.3 Å². The minimum absolute atomic E-state index is 0.266. The van der Waals surface area contributed by atoms with E-state index in [4.69, 9.17) is 32.0 Å². The molecule has 0 unspecified atom stereocenters. The van der Waals surface area contributed by atoms with Crippen molar-refractivity contribution >= 4 is 56.9 Å². The van der Waals surface area contributed by atoms with Crippen LogP contribution in [0.1, 0.15) is 22.0 Å². The number of amides is 1. The summed E-state index contributed by atoms with van der Waals surface area (Å²) in [5, 5.41) is 4.67. The lowest BCUT2D eigenvalue weighted by Gasteiger charge is -2.04. The number of nitrogens with one attached hydrogen (secondary N) is 1. The summed E-state index contributed by atoms with van der Waals surface area (Å²) < 4.78 is 11.4. The Morgan fingerprint density at radius 3 is 2.57 bits per heavy atom. The molecular formula is C23H14Cl2N2O3. The number of halogens is 2. The number of anilines is 1. The second-order valence-corrected chi connectivity index (χ2v) is 7.66. The van der Waals surface area contributed by atoms with Gasteiger partial charge in [-0.25, -0.2) is 4.98 Å². The molecule has 3 aromatic carbocycles. The third kappa shape index (κ3) is 3.65. The van der Waals surface area contributed by atoms with Gasteiger partial charge in [-0.05, 0) is 42.0 Å². The summed E-state index contributed by atoms with van der Waals surface area (Å²) >= 11 is 12.2. The highest BCUT2D eigenvalue weighted by molar-refractivity contribution is 6.37. The number of benzene rings is 3. The number of para-hydroxylation sites is 1. The molecule has 1 amide bonds. The van der Waals surface area contributed by atoms with Crippen LogP contribution in [0.25, 0.3) is 22.1 Å². The van der Waals surface area contributed by atoms with Gasteiger partial charge in [0.25, 0.3) is 5.91 Å². The zero-order valence-electron chi connectivity index (χ0n) is 15.5. The molecule has 0 saturated heterocycles. The average Bonchev–Trinajstić information content (AvgIpc) is 3.33. The first-order chi connectivity index (χ1) is 14.5. The van der Waals surface area contributed by atoms with Crippen molar-refractivity contribution < 1.29 is 13.6 Å². The fourth-order valence-electron chi connectivity index (χ4n) is 3.25. The number of hydrogen-bond acceptors (Lipinski definition) is 4. The lowest BCUT2D eigenvalue weighted by Crippen LogP contribution is -2.10. The van der Waals surface area contributed by atoms with Crippen LogP contribution in [0.5, 0.6) is 0 Å². The molecule has 2 aromatic heterocycles. The SMILES string of the molecule is O=C(Nc1ccc(Cc2nc3cc(Cl)cc(Cl)c3o2)cc1)c1cc2ccccc2o1. The summed E-state index contributed by atoms with van der Waals surface area (Å²) in [6.07, 6.45) is 0.487. The van der Waals surface area contributed by atoms with Crippen LogP contribution in [0.3, 0.4) is 0 Å². The molecule has 5 aromatic rings. The lowest BCUT2D eigenvalue weighted by molar-refractivity contribution is 0.0998. The van der Waals surface area contributed by atoms with Gasteiger partial charge in [0.2, 0.25) is 0 Å². The van der Waals surface area contributed by atoms with Crippen LogP contribution < -0.4 is 5.32 Å². The van der Waals surface area contributed by atoms with Crippen molar-refractivity contribution in [1.82, 2.24) is 4.98 Å². The number of carbonyl (C=O) groups is 1. The number of carbonyl (C=O) groups excluding carboxylic acids is 1. The van der Waals surface area contributed by atoms with Gasteiger partial charge in [0, 0.05) is 22.5 Å². The summed E-state index contributed by atoms with van der Waals surface area (Å²) in [5.74, 6) is 0.500. The first-order valence-corrected chi connectivity index (χ1v) is 9.94. The highest BCUT2D eigenvalue weighted by Crippen LogP contribution is 2.29. The largest absolute Gasteiger partial charge is 0.451 e. The lowest BCUT2D eigenvalue weighted by atomic mass is 10.1. The first kappa shape index (κ1) is 18.7. The van der Waals surface area contributed by atoms with Gasteiger partial charge >= 0.3 is 0 Å². The normalized spacial score (nSPS) is 11.3. The highest BCUT2D eigenvalue weighted by Gasteiger charge is 2.13. The third-order valence-corrected chi connectivity index (χ3v) is 5.17. The topological polar surface area (TPSA) is 68.3 Å². The predicted molar refractivity (Wildman–Crippen MR) is 117 cm³/mol. The number of nitrogens with zero attached hydrogens (tertiary/aromatic N) is 1.